The van der Waals surface area contributed by atoms with Crippen molar-refractivity contribution in [3.05, 3.63) is 0 Å². The Bertz CT molecular complexity index is 13.5. The molecule has 0 nitrogen and oxygen atoms in total. The Morgan fingerprint density at radius 1 is 1.25 bits per heavy atom. The largest absolute Gasteiger partial charge is 2.00 e. The van der Waals surface area contributed by atoms with E-state index in [-0.39, 0.29) is 121 Å². The van der Waals surface area contributed by atoms with Crippen LogP contribution in [-0.4, -0.2) is 40.4 Å². The van der Waals surface area contributed by atoms with E-state index in [1.807, 2.05) is 0 Å². The number of rotatable bonds is 0. The predicted octanol–water partition coefficient (Wildman–Crippen LogP) is -1.34. The van der Waals surface area contributed by atoms with Gasteiger partial charge in [-0.25, -0.2) is 0 Å². The SMILES string of the molecule is [AlH3].[Ce].[H-].[H-].[La].[Mg+2]. The number of hydrogen-bond acceptors (Lipinski definition) is 0. The zero-order chi connectivity index (χ0) is 0. The van der Waals surface area contributed by atoms with Gasteiger partial charge in [-0.05, 0) is 0 Å². The van der Waals surface area contributed by atoms with Gasteiger partial charge in [0.05, 0.1) is 0 Å². The molecule has 0 aromatic rings. The summed E-state index contributed by atoms with van der Waals surface area (Å²) < 4.78 is 0. The predicted molar refractivity (Wildman–Crippen MR) is 17.9 cm³/mol. The third-order valence-electron chi connectivity index (χ3n) is 0. The van der Waals surface area contributed by atoms with E-state index in [9.17, 15) is 0 Å². The summed E-state index contributed by atoms with van der Waals surface area (Å²) in [4.78, 5) is 0. The van der Waals surface area contributed by atoms with Crippen molar-refractivity contribution < 1.29 is 80.2 Å². The van der Waals surface area contributed by atoms with E-state index < -0.39 is 0 Å². The molecule has 0 heterocycles. The van der Waals surface area contributed by atoms with Gasteiger partial charge in [-0.2, -0.15) is 0 Å². The molecule has 0 atom stereocenters. The molecule has 17 valence electrons. The van der Waals surface area contributed by atoms with E-state index in [0.717, 1.165) is 0 Å². The molecule has 0 unspecified atom stereocenters. The van der Waals surface area contributed by atoms with Crippen LogP contribution in [0.1, 0.15) is 2.85 Å². The van der Waals surface area contributed by atoms with Crippen molar-refractivity contribution in [2.24, 2.45) is 0 Å². The van der Waals surface area contributed by atoms with Gasteiger partial charge in [0.2, 0.25) is 0 Å². The maximum absolute atomic E-state index is 0. The molecule has 0 saturated heterocycles. The van der Waals surface area contributed by atoms with E-state index in [4.69, 9.17) is 0 Å². The molecule has 0 aliphatic carbocycles. The molecule has 0 aromatic heterocycles. The molecule has 0 aliphatic rings. The molecule has 0 N–H and O–H groups in total. The van der Waals surface area contributed by atoms with E-state index in [1.54, 1.807) is 0 Å². The van der Waals surface area contributed by atoms with Gasteiger partial charge >= 0.3 is 23.1 Å². The van der Waals surface area contributed by atoms with Crippen LogP contribution in [0.5, 0.6) is 0 Å². The fourth-order valence-electron chi connectivity index (χ4n) is 0. The minimum Gasteiger partial charge on any atom is -1.00 e. The van der Waals surface area contributed by atoms with Crippen LogP contribution in [0.15, 0.2) is 0 Å². The normalized spacial score (nSPS) is 0. The van der Waals surface area contributed by atoms with Gasteiger partial charge in [0.15, 0.2) is 17.4 Å². The van der Waals surface area contributed by atoms with Crippen LogP contribution >= 0.6 is 0 Å². The molecule has 4 heteroatoms. The van der Waals surface area contributed by atoms with Gasteiger partial charge in [-0.15, -0.1) is 0 Å². The van der Waals surface area contributed by atoms with Gasteiger partial charge in [0, 0.05) is 77.3 Å². The summed E-state index contributed by atoms with van der Waals surface area (Å²) in [7, 11) is 0. The van der Waals surface area contributed by atoms with Crippen LogP contribution in [0.2, 0.25) is 0 Å². The Kier molecular flexibility index (Phi) is 98.0. The van der Waals surface area contributed by atoms with Crippen LogP contribution in [0.25, 0.3) is 0 Å². The molecule has 0 aromatic carbocycles. The molecule has 0 amide bonds. The molecule has 0 fully saturated rings. The van der Waals surface area contributed by atoms with E-state index in [1.165, 1.54) is 0 Å². The van der Waals surface area contributed by atoms with Gasteiger partial charge in [0.1, 0.15) is 0 Å². The van der Waals surface area contributed by atoms with Gasteiger partial charge in [-0.1, -0.05) is 0 Å². The van der Waals surface area contributed by atoms with Crippen molar-refractivity contribution >= 4 is 40.4 Å². The average molecular weight is 335 g/mol. The van der Waals surface area contributed by atoms with Gasteiger partial charge < -0.3 is 2.85 Å². The summed E-state index contributed by atoms with van der Waals surface area (Å²) in [5.41, 5.74) is 0. The minimum absolute atomic E-state index is 0. The summed E-state index contributed by atoms with van der Waals surface area (Å²) in [5, 5.41) is 0. The molecule has 0 bridgehead atoms. The van der Waals surface area contributed by atoms with Crippen molar-refractivity contribution in [2.75, 3.05) is 0 Å². The Morgan fingerprint density at radius 2 is 1.25 bits per heavy atom. The van der Waals surface area contributed by atoms with E-state index >= 15 is 0 Å². The first-order valence-corrected chi connectivity index (χ1v) is 0. The summed E-state index contributed by atoms with van der Waals surface area (Å²) in [6.45, 7) is 0. The third kappa shape index (κ3) is 9.30. The van der Waals surface area contributed by atoms with Crippen molar-refractivity contribution in [3.63, 3.8) is 0 Å². The first-order chi connectivity index (χ1) is 0. The summed E-state index contributed by atoms with van der Waals surface area (Å²) in [6, 6.07) is 0. The molecule has 0 saturated carbocycles. The second kappa shape index (κ2) is 15.8. The summed E-state index contributed by atoms with van der Waals surface area (Å²) in [5.74, 6) is 0. The van der Waals surface area contributed by atoms with Gasteiger partial charge in [-0.3, -0.25) is 0 Å². The van der Waals surface area contributed by atoms with Crippen LogP contribution in [0.4, 0.5) is 0 Å². The fourth-order valence-corrected chi connectivity index (χ4v) is 0. The molecule has 1 radical (unpaired) electrons. The van der Waals surface area contributed by atoms with Crippen LogP contribution in [-0.2, 0) is 0 Å². The Balaban J connectivity index is 0. The zero-order valence-electron chi connectivity index (χ0n) is 3.78. The first kappa shape index (κ1) is 24.8. The Morgan fingerprint density at radius 3 is 1.25 bits per heavy atom. The summed E-state index contributed by atoms with van der Waals surface area (Å²) in [6.07, 6.45) is 0. The molecule has 0 rings (SSSR count). The smallest absolute Gasteiger partial charge is 1.00 e. The zero-order valence-corrected chi connectivity index (χ0v) is 9.96. The first-order valence-electron chi connectivity index (χ1n) is 0. The quantitative estimate of drug-likeness (QED) is 0.481. The average Bonchev–Trinajstić information content (AvgIpc) is 0. The van der Waals surface area contributed by atoms with Gasteiger partial charge in [0.25, 0.3) is 0 Å². The van der Waals surface area contributed by atoms with Crippen LogP contribution in [0.3, 0.4) is 0 Å². The topological polar surface area (TPSA) is 0 Å². The fraction of sp³-hybridized carbons (Fsp3) is 0. The second-order valence-electron chi connectivity index (χ2n) is 0. The number of hydrogen-bond donors (Lipinski definition) is 0. The second-order valence-corrected chi connectivity index (χ2v) is 0. The molecule has 4 heavy (non-hydrogen) atoms. The van der Waals surface area contributed by atoms with E-state index in [0.29, 0.717) is 0 Å². The van der Waals surface area contributed by atoms with Crippen molar-refractivity contribution in [2.45, 2.75) is 0 Å². The van der Waals surface area contributed by atoms with Crippen molar-refractivity contribution in [1.82, 2.24) is 0 Å². The standard InChI is InChI=1S/Al.Ce.La.Mg.5H/q;;;+2;;;;2*-1. The minimum atomic E-state index is 0. The molecule has 0 aliphatic heterocycles. The maximum Gasteiger partial charge on any atom is 2.00 e. The maximum atomic E-state index is 0. The van der Waals surface area contributed by atoms with Crippen molar-refractivity contribution in [1.29, 1.82) is 0 Å². The molecular formula is H5AlCeLaMg. The Labute approximate surface area is 117 Å². The molecule has 0 spiro atoms. The van der Waals surface area contributed by atoms with E-state index in [2.05, 4.69) is 0 Å². The Hall–Kier alpha value is 3.87. The monoisotopic (exact) mass is 335 g/mol. The molecular weight excluding hydrogens is 330 g/mol. The van der Waals surface area contributed by atoms with Crippen LogP contribution < -0.4 is 0 Å². The summed E-state index contributed by atoms with van der Waals surface area (Å²) >= 11 is 0. The third-order valence-corrected chi connectivity index (χ3v) is 0. The van der Waals surface area contributed by atoms with Crippen LogP contribution in [0, 0.1) is 77.3 Å². The van der Waals surface area contributed by atoms with Crippen molar-refractivity contribution in [3.8, 4) is 0 Å².